The average molecular weight is 449 g/mol. The number of carbonyl (C=O) groups is 1. The first kappa shape index (κ1) is 22.2. The molecule has 6 nitrogen and oxygen atoms in total. The number of esters is 1. The van der Waals surface area contributed by atoms with E-state index in [1.165, 1.54) is 0 Å². The van der Waals surface area contributed by atoms with Crippen LogP contribution >= 0.6 is 23.8 Å². The minimum atomic E-state index is -0.475. The number of thiocarbonyl (C=S) groups is 1. The quantitative estimate of drug-likeness (QED) is 0.486. The number of carbonyl (C=O) groups excluding carboxylic acids is 1. The highest BCUT2D eigenvalue weighted by Crippen LogP contribution is 2.41. The van der Waals surface area contributed by atoms with Gasteiger partial charge in [0.25, 0.3) is 0 Å². The van der Waals surface area contributed by atoms with E-state index >= 15 is 0 Å². The van der Waals surface area contributed by atoms with Gasteiger partial charge >= 0.3 is 5.97 Å². The van der Waals surface area contributed by atoms with Crippen molar-refractivity contribution in [3.63, 3.8) is 0 Å². The predicted octanol–water partition coefficient (Wildman–Crippen LogP) is 5.11. The first-order valence-corrected chi connectivity index (χ1v) is 10.4. The summed E-state index contributed by atoms with van der Waals surface area (Å²) < 4.78 is 16.5. The van der Waals surface area contributed by atoms with E-state index in [1.807, 2.05) is 32.0 Å². The number of hydrogen-bond acceptors (Lipinski definition) is 5. The molecule has 0 fully saturated rings. The van der Waals surface area contributed by atoms with Gasteiger partial charge in [-0.1, -0.05) is 11.6 Å². The van der Waals surface area contributed by atoms with Crippen LogP contribution in [0.2, 0.25) is 5.02 Å². The zero-order valence-corrected chi connectivity index (χ0v) is 18.9. The van der Waals surface area contributed by atoms with Crippen LogP contribution < -0.4 is 20.1 Å². The molecule has 1 aliphatic rings. The number of anilines is 1. The molecule has 0 radical (unpaired) electrons. The lowest BCUT2D eigenvalue weighted by atomic mass is 9.89. The van der Waals surface area contributed by atoms with Crippen LogP contribution in [0.1, 0.15) is 49.2 Å². The summed E-state index contributed by atoms with van der Waals surface area (Å²) in [5, 5.41) is 7.22. The molecule has 8 heteroatoms. The van der Waals surface area contributed by atoms with Gasteiger partial charge in [0, 0.05) is 17.7 Å². The standard InChI is InChI=1S/C22H25ClN2O4S/c1-5-28-20(26)15-10-13(6-8-17(15)23)24-21(30)25-18-12-22(2,3)29-19-9-7-14(27-4)11-16(18)19/h6-11,18H,5,12H2,1-4H3,(H2,24,25,30)/t18-/m0/s1. The number of fused-ring (bicyclic) bond motifs is 1. The summed E-state index contributed by atoms with van der Waals surface area (Å²) in [6.07, 6.45) is 0.712. The smallest absolute Gasteiger partial charge is 0.339 e. The van der Waals surface area contributed by atoms with Crippen LogP contribution in [0.15, 0.2) is 36.4 Å². The molecule has 0 aromatic heterocycles. The number of halogens is 1. The van der Waals surface area contributed by atoms with Crippen LogP contribution in [-0.4, -0.2) is 30.4 Å². The fraction of sp³-hybridized carbons (Fsp3) is 0.364. The van der Waals surface area contributed by atoms with Crippen LogP contribution in [-0.2, 0) is 4.74 Å². The predicted molar refractivity (Wildman–Crippen MR) is 122 cm³/mol. The van der Waals surface area contributed by atoms with Gasteiger partial charge in [-0.15, -0.1) is 0 Å². The van der Waals surface area contributed by atoms with Gasteiger partial charge in [0.05, 0.1) is 30.3 Å². The molecule has 0 bridgehead atoms. The van der Waals surface area contributed by atoms with Crippen molar-refractivity contribution < 1.29 is 19.0 Å². The Hall–Kier alpha value is -2.51. The maximum atomic E-state index is 12.1. The molecule has 0 saturated carbocycles. The first-order valence-electron chi connectivity index (χ1n) is 9.63. The van der Waals surface area contributed by atoms with E-state index in [1.54, 1.807) is 32.2 Å². The van der Waals surface area contributed by atoms with Crippen LogP contribution in [0.4, 0.5) is 5.69 Å². The maximum Gasteiger partial charge on any atom is 0.339 e. The Kier molecular flexibility index (Phi) is 6.73. The van der Waals surface area contributed by atoms with Gasteiger partial charge in [-0.2, -0.15) is 0 Å². The summed E-state index contributed by atoms with van der Waals surface area (Å²) >= 11 is 11.7. The zero-order valence-electron chi connectivity index (χ0n) is 17.4. The molecule has 0 amide bonds. The Morgan fingerprint density at radius 1 is 1.30 bits per heavy atom. The molecular formula is C22H25ClN2O4S. The van der Waals surface area contributed by atoms with Gasteiger partial charge in [-0.3, -0.25) is 0 Å². The molecule has 1 atom stereocenters. The summed E-state index contributed by atoms with van der Waals surface area (Å²) in [6, 6.07) is 10.7. The Morgan fingerprint density at radius 2 is 2.07 bits per heavy atom. The second-order valence-corrected chi connectivity index (χ2v) is 8.35. The summed E-state index contributed by atoms with van der Waals surface area (Å²) in [7, 11) is 1.63. The Morgan fingerprint density at radius 3 is 2.77 bits per heavy atom. The van der Waals surface area contributed by atoms with Crippen molar-refractivity contribution in [3.05, 3.63) is 52.5 Å². The Balaban J connectivity index is 1.78. The van der Waals surface area contributed by atoms with E-state index in [2.05, 4.69) is 10.6 Å². The summed E-state index contributed by atoms with van der Waals surface area (Å²) in [4.78, 5) is 12.1. The highest BCUT2D eigenvalue weighted by Gasteiger charge is 2.34. The number of rotatable bonds is 5. The SMILES string of the molecule is CCOC(=O)c1cc(NC(=S)N[C@H]2CC(C)(C)Oc3ccc(OC)cc32)ccc1Cl. The molecule has 160 valence electrons. The van der Waals surface area contributed by atoms with Crippen molar-refractivity contribution >= 4 is 40.6 Å². The first-order chi connectivity index (χ1) is 14.2. The normalized spacial score (nSPS) is 16.6. The van der Waals surface area contributed by atoms with Gasteiger partial charge in [0.15, 0.2) is 5.11 Å². The maximum absolute atomic E-state index is 12.1. The highest BCUT2D eigenvalue weighted by atomic mass is 35.5. The molecule has 1 aliphatic heterocycles. The van der Waals surface area contributed by atoms with E-state index in [-0.39, 0.29) is 23.8 Å². The van der Waals surface area contributed by atoms with E-state index in [0.29, 0.717) is 22.2 Å². The number of methoxy groups -OCH3 is 1. The van der Waals surface area contributed by atoms with E-state index < -0.39 is 5.97 Å². The fourth-order valence-corrected chi connectivity index (χ4v) is 3.84. The van der Waals surface area contributed by atoms with Crippen LogP contribution in [0, 0.1) is 0 Å². The Bertz CT molecular complexity index is 964. The van der Waals surface area contributed by atoms with Crippen LogP contribution in [0.3, 0.4) is 0 Å². The van der Waals surface area contributed by atoms with Gasteiger partial charge in [-0.25, -0.2) is 4.79 Å². The molecule has 2 aromatic carbocycles. The number of ether oxygens (including phenoxy) is 3. The number of benzene rings is 2. The molecule has 3 rings (SSSR count). The lowest BCUT2D eigenvalue weighted by Gasteiger charge is -2.38. The monoisotopic (exact) mass is 448 g/mol. The van der Waals surface area contributed by atoms with Gasteiger partial charge in [-0.05, 0) is 69.4 Å². The van der Waals surface area contributed by atoms with Crippen molar-refractivity contribution in [1.29, 1.82) is 0 Å². The van der Waals surface area contributed by atoms with Crippen LogP contribution in [0.25, 0.3) is 0 Å². The van der Waals surface area contributed by atoms with Crippen molar-refractivity contribution in [2.75, 3.05) is 19.0 Å². The minimum absolute atomic E-state index is 0.0734. The lowest BCUT2D eigenvalue weighted by molar-refractivity contribution is 0.0526. The van der Waals surface area contributed by atoms with Crippen molar-refractivity contribution in [2.24, 2.45) is 0 Å². The second kappa shape index (κ2) is 9.10. The molecule has 30 heavy (non-hydrogen) atoms. The third kappa shape index (κ3) is 5.15. The molecule has 0 aliphatic carbocycles. The van der Waals surface area contributed by atoms with Crippen molar-refractivity contribution in [3.8, 4) is 11.5 Å². The fourth-order valence-electron chi connectivity index (χ4n) is 3.38. The molecule has 2 N–H and O–H groups in total. The number of hydrogen-bond donors (Lipinski definition) is 2. The molecule has 0 unspecified atom stereocenters. The molecule has 2 aromatic rings. The minimum Gasteiger partial charge on any atom is -0.497 e. The number of nitrogens with one attached hydrogen (secondary N) is 2. The topological polar surface area (TPSA) is 68.8 Å². The van der Waals surface area contributed by atoms with Gasteiger partial charge in [0.1, 0.15) is 17.1 Å². The molecule has 1 heterocycles. The van der Waals surface area contributed by atoms with Crippen molar-refractivity contribution in [2.45, 2.75) is 38.8 Å². The van der Waals surface area contributed by atoms with Gasteiger partial charge < -0.3 is 24.8 Å². The largest absolute Gasteiger partial charge is 0.497 e. The lowest BCUT2D eigenvalue weighted by Crippen LogP contribution is -2.42. The summed E-state index contributed by atoms with van der Waals surface area (Å²) in [6.45, 7) is 6.09. The van der Waals surface area contributed by atoms with Crippen LogP contribution in [0.5, 0.6) is 11.5 Å². The van der Waals surface area contributed by atoms with E-state index in [4.69, 9.17) is 38.0 Å². The Labute approximate surface area is 186 Å². The van der Waals surface area contributed by atoms with Crippen molar-refractivity contribution in [1.82, 2.24) is 5.32 Å². The summed E-state index contributed by atoms with van der Waals surface area (Å²) in [5.41, 5.74) is 1.54. The molecule has 0 saturated heterocycles. The van der Waals surface area contributed by atoms with E-state index in [0.717, 1.165) is 17.1 Å². The van der Waals surface area contributed by atoms with E-state index in [9.17, 15) is 4.79 Å². The highest BCUT2D eigenvalue weighted by molar-refractivity contribution is 7.80. The summed E-state index contributed by atoms with van der Waals surface area (Å²) in [5.74, 6) is 1.07. The third-order valence-corrected chi connectivity index (χ3v) is 5.25. The zero-order chi connectivity index (χ0) is 21.9. The average Bonchev–Trinajstić information content (AvgIpc) is 2.68. The molecular weight excluding hydrogens is 424 g/mol. The third-order valence-electron chi connectivity index (χ3n) is 4.70. The molecule has 0 spiro atoms. The van der Waals surface area contributed by atoms with Gasteiger partial charge in [0.2, 0.25) is 0 Å². The second-order valence-electron chi connectivity index (χ2n) is 7.54.